The van der Waals surface area contributed by atoms with E-state index in [1.54, 1.807) is 0 Å². The average Bonchev–Trinajstić information content (AvgIpc) is 2.95. The Bertz CT molecular complexity index is 362. The summed E-state index contributed by atoms with van der Waals surface area (Å²) in [4.78, 5) is 4.36. The van der Waals surface area contributed by atoms with Crippen LogP contribution in [0.2, 0.25) is 0 Å². The van der Waals surface area contributed by atoms with Crippen molar-refractivity contribution >= 4 is 0 Å². The van der Waals surface area contributed by atoms with E-state index in [4.69, 9.17) is 9.15 Å². The number of oxazole rings is 1. The summed E-state index contributed by atoms with van der Waals surface area (Å²) in [6.07, 6.45) is 5.13. The van der Waals surface area contributed by atoms with E-state index in [2.05, 4.69) is 31.1 Å². The largest absolute Gasteiger partial charge is 0.445 e. The van der Waals surface area contributed by atoms with E-state index < -0.39 is 0 Å². The molecule has 2 unspecified atom stereocenters. The normalized spacial score (nSPS) is 24.0. The number of nitrogens with one attached hydrogen (secondary N) is 1. The van der Waals surface area contributed by atoms with Gasteiger partial charge >= 0.3 is 0 Å². The lowest BCUT2D eigenvalue weighted by atomic mass is 9.97. The van der Waals surface area contributed by atoms with Gasteiger partial charge in [0.1, 0.15) is 5.76 Å². The topological polar surface area (TPSA) is 47.3 Å². The first-order chi connectivity index (χ1) is 8.70. The van der Waals surface area contributed by atoms with Crippen molar-refractivity contribution in [3.63, 3.8) is 0 Å². The van der Waals surface area contributed by atoms with Gasteiger partial charge in [-0.2, -0.15) is 0 Å². The highest BCUT2D eigenvalue weighted by Crippen LogP contribution is 2.33. The Morgan fingerprint density at radius 1 is 1.50 bits per heavy atom. The minimum Gasteiger partial charge on any atom is -0.445 e. The number of aromatic nitrogens is 1. The van der Waals surface area contributed by atoms with E-state index in [0.29, 0.717) is 18.1 Å². The average molecular weight is 252 g/mol. The summed E-state index contributed by atoms with van der Waals surface area (Å²) in [7, 11) is 0. The molecule has 1 aromatic rings. The molecule has 0 bridgehead atoms. The molecule has 1 N–H and O–H groups in total. The third kappa shape index (κ3) is 3.33. The lowest BCUT2D eigenvalue weighted by Gasteiger charge is -2.13. The second-order valence-corrected chi connectivity index (χ2v) is 5.23. The molecule has 0 radical (unpaired) electrons. The second kappa shape index (κ2) is 6.34. The van der Waals surface area contributed by atoms with Gasteiger partial charge in [-0.3, -0.25) is 0 Å². The maximum atomic E-state index is 5.85. The van der Waals surface area contributed by atoms with Crippen LogP contribution in [0.25, 0.3) is 0 Å². The molecule has 102 valence electrons. The number of rotatable bonds is 6. The van der Waals surface area contributed by atoms with E-state index in [0.717, 1.165) is 44.1 Å². The lowest BCUT2D eigenvalue weighted by molar-refractivity contribution is 0.0971. The fourth-order valence-electron chi connectivity index (χ4n) is 2.46. The quantitative estimate of drug-likeness (QED) is 0.845. The molecular weight excluding hydrogens is 228 g/mol. The van der Waals surface area contributed by atoms with Gasteiger partial charge in [-0.1, -0.05) is 20.8 Å². The number of hydrogen-bond donors (Lipinski definition) is 1. The minimum absolute atomic E-state index is 0.305. The molecule has 2 rings (SSSR count). The molecule has 0 aliphatic carbocycles. The van der Waals surface area contributed by atoms with Crippen molar-refractivity contribution < 1.29 is 9.15 Å². The van der Waals surface area contributed by atoms with Gasteiger partial charge in [-0.05, 0) is 12.8 Å². The molecule has 1 aliphatic heterocycles. The van der Waals surface area contributed by atoms with Crippen LogP contribution in [-0.2, 0) is 11.2 Å². The Hall–Kier alpha value is -0.870. The highest BCUT2D eigenvalue weighted by Gasteiger charge is 2.30. The van der Waals surface area contributed by atoms with Crippen LogP contribution in [0.3, 0.4) is 0 Å². The third-order valence-corrected chi connectivity index (χ3v) is 3.44. The monoisotopic (exact) mass is 252 g/mol. The minimum atomic E-state index is 0.305. The molecule has 1 aromatic heterocycles. The Balaban J connectivity index is 1.89. The van der Waals surface area contributed by atoms with Gasteiger partial charge in [0.15, 0.2) is 5.89 Å². The number of hydrogen-bond acceptors (Lipinski definition) is 4. The van der Waals surface area contributed by atoms with E-state index >= 15 is 0 Å². The molecule has 1 fully saturated rings. The smallest absolute Gasteiger partial charge is 0.195 e. The third-order valence-electron chi connectivity index (χ3n) is 3.44. The molecule has 0 amide bonds. The molecule has 4 nitrogen and oxygen atoms in total. The Kier molecular flexibility index (Phi) is 4.78. The van der Waals surface area contributed by atoms with Crippen LogP contribution in [0, 0.1) is 0 Å². The molecule has 4 heteroatoms. The molecule has 1 aliphatic rings. The van der Waals surface area contributed by atoms with Crippen LogP contribution in [0.4, 0.5) is 0 Å². The summed E-state index contributed by atoms with van der Waals surface area (Å²) < 4.78 is 11.5. The van der Waals surface area contributed by atoms with Gasteiger partial charge in [0, 0.05) is 31.5 Å². The van der Waals surface area contributed by atoms with Gasteiger partial charge in [-0.25, -0.2) is 4.98 Å². The predicted octanol–water partition coefficient (Wildman–Crippen LogP) is 2.50. The molecular formula is C14H24N2O2. The van der Waals surface area contributed by atoms with E-state index in [1.165, 1.54) is 0 Å². The first-order valence-corrected chi connectivity index (χ1v) is 7.00. The summed E-state index contributed by atoms with van der Waals surface area (Å²) in [6.45, 7) is 8.20. The Morgan fingerprint density at radius 2 is 2.33 bits per heavy atom. The van der Waals surface area contributed by atoms with Crippen molar-refractivity contribution in [1.82, 2.24) is 10.3 Å². The van der Waals surface area contributed by atoms with Crippen molar-refractivity contribution in [1.29, 1.82) is 0 Å². The summed E-state index contributed by atoms with van der Waals surface area (Å²) >= 11 is 0. The fraction of sp³-hybridized carbons (Fsp3) is 0.786. The van der Waals surface area contributed by atoms with Crippen LogP contribution in [0.1, 0.15) is 51.2 Å². The first-order valence-electron chi connectivity index (χ1n) is 7.00. The first kappa shape index (κ1) is 13.6. The lowest BCUT2D eigenvalue weighted by Crippen LogP contribution is -2.25. The van der Waals surface area contributed by atoms with Gasteiger partial charge in [-0.15, -0.1) is 0 Å². The number of nitrogens with zero attached hydrogens (tertiary/aromatic N) is 1. The van der Waals surface area contributed by atoms with Crippen LogP contribution < -0.4 is 5.32 Å². The molecule has 2 heterocycles. The summed E-state index contributed by atoms with van der Waals surface area (Å²) in [5, 5.41) is 3.37. The zero-order valence-corrected chi connectivity index (χ0v) is 11.6. The Morgan fingerprint density at radius 3 is 3.06 bits per heavy atom. The number of ether oxygens (including phenoxy) is 1. The van der Waals surface area contributed by atoms with Gasteiger partial charge in [0.2, 0.25) is 0 Å². The van der Waals surface area contributed by atoms with Crippen molar-refractivity contribution in [2.24, 2.45) is 0 Å². The predicted molar refractivity (Wildman–Crippen MR) is 70.7 cm³/mol. The van der Waals surface area contributed by atoms with Crippen molar-refractivity contribution in [2.45, 2.75) is 58.1 Å². The van der Waals surface area contributed by atoms with Crippen molar-refractivity contribution in [3.8, 4) is 0 Å². The summed E-state index contributed by atoms with van der Waals surface area (Å²) in [5.41, 5.74) is 0. The maximum absolute atomic E-state index is 5.85. The van der Waals surface area contributed by atoms with E-state index in [1.807, 2.05) is 6.20 Å². The van der Waals surface area contributed by atoms with Gasteiger partial charge in [0.25, 0.3) is 0 Å². The van der Waals surface area contributed by atoms with Crippen LogP contribution in [-0.4, -0.2) is 30.3 Å². The summed E-state index contributed by atoms with van der Waals surface area (Å²) in [6, 6.07) is 0.507. The molecule has 1 saturated heterocycles. The maximum Gasteiger partial charge on any atom is 0.195 e. The zero-order valence-electron chi connectivity index (χ0n) is 11.6. The summed E-state index contributed by atoms with van der Waals surface area (Å²) in [5.74, 6) is 2.23. The van der Waals surface area contributed by atoms with Crippen LogP contribution in [0.15, 0.2) is 10.6 Å². The van der Waals surface area contributed by atoms with Crippen LogP contribution >= 0.6 is 0 Å². The fourth-order valence-corrected chi connectivity index (χ4v) is 2.46. The van der Waals surface area contributed by atoms with Crippen LogP contribution in [0.5, 0.6) is 0 Å². The molecule has 0 saturated carbocycles. The van der Waals surface area contributed by atoms with E-state index in [9.17, 15) is 0 Å². The second-order valence-electron chi connectivity index (χ2n) is 5.23. The standard InChI is InChI=1S/C14H24N2O2/c1-4-12-11(6-8-17-12)13-9-16-14(18-13)5-7-15-10(2)3/h9-12,15H,4-8H2,1-3H3. The highest BCUT2D eigenvalue weighted by molar-refractivity contribution is 5.06. The Labute approximate surface area is 109 Å². The van der Waals surface area contributed by atoms with Crippen molar-refractivity contribution in [2.75, 3.05) is 13.2 Å². The highest BCUT2D eigenvalue weighted by atomic mass is 16.5. The van der Waals surface area contributed by atoms with E-state index in [-0.39, 0.29) is 0 Å². The zero-order chi connectivity index (χ0) is 13.0. The molecule has 0 spiro atoms. The molecule has 0 aromatic carbocycles. The van der Waals surface area contributed by atoms with Gasteiger partial charge < -0.3 is 14.5 Å². The van der Waals surface area contributed by atoms with Crippen molar-refractivity contribution in [3.05, 3.63) is 17.8 Å². The van der Waals surface area contributed by atoms with Gasteiger partial charge in [0.05, 0.1) is 12.3 Å². The SMILES string of the molecule is CCC1OCCC1c1cnc(CCNC(C)C)o1. The molecule has 2 atom stereocenters. The molecule has 18 heavy (non-hydrogen) atoms.